The van der Waals surface area contributed by atoms with E-state index < -0.39 is 5.60 Å². The number of nitrogens with zero attached hydrogens (tertiary/aromatic N) is 1. The second-order valence-corrected chi connectivity index (χ2v) is 7.60. The van der Waals surface area contributed by atoms with Crippen LogP contribution in [0.5, 0.6) is 0 Å². The second kappa shape index (κ2) is 5.60. The third kappa shape index (κ3) is 2.58. The minimum atomic E-state index is -0.485. The normalized spacial score (nSPS) is 37.8. The molecular formula is C19H25NO3. The van der Waals surface area contributed by atoms with Crippen molar-refractivity contribution >= 4 is 5.91 Å². The molecule has 124 valence electrons. The summed E-state index contributed by atoms with van der Waals surface area (Å²) in [5.74, 6) is 1.32. The third-order valence-corrected chi connectivity index (χ3v) is 5.95. The van der Waals surface area contributed by atoms with Gasteiger partial charge in [0.25, 0.3) is 5.91 Å². The maximum Gasteiger partial charge on any atom is 0.277 e. The summed E-state index contributed by atoms with van der Waals surface area (Å²) in [5.41, 5.74) is 0.189. The van der Waals surface area contributed by atoms with E-state index in [9.17, 15) is 9.90 Å². The van der Waals surface area contributed by atoms with E-state index in [0.29, 0.717) is 29.9 Å². The van der Waals surface area contributed by atoms with E-state index in [0.717, 1.165) is 32.1 Å². The lowest BCUT2D eigenvalue weighted by atomic mass is 9.52. The molecule has 4 aliphatic rings. The fourth-order valence-corrected chi connectivity index (χ4v) is 5.46. The third-order valence-electron chi connectivity index (χ3n) is 5.95. The van der Waals surface area contributed by atoms with Crippen LogP contribution in [-0.4, -0.2) is 34.3 Å². The fraction of sp³-hybridized carbons (Fsp3) is 0.632. The van der Waals surface area contributed by atoms with Crippen LogP contribution >= 0.6 is 0 Å². The molecule has 0 aliphatic heterocycles. The first-order valence-electron chi connectivity index (χ1n) is 8.83. The van der Waals surface area contributed by atoms with Gasteiger partial charge >= 0.3 is 0 Å². The van der Waals surface area contributed by atoms with Gasteiger partial charge in [0.05, 0.1) is 18.2 Å². The van der Waals surface area contributed by atoms with Crippen LogP contribution in [-0.2, 0) is 4.84 Å². The van der Waals surface area contributed by atoms with Crippen molar-refractivity contribution in [2.45, 2.75) is 50.7 Å². The number of hydroxylamine groups is 2. The molecule has 2 atom stereocenters. The van der Waals surface area contributed by atoms with E-state index in [1.807, 2.05) is 37.3 Å². The molecule has 4 aliphatic carbocycles. The van der Waals surface area contributed by atoms with Crippen LogP contribution in [0.4, 0.5) is 0 Å². The fourth-order valence-electron chi connectivity index (χ4n) is 5.46. The Labute approximate surface area is 137 Å². The van der Waals surface area contributed by atoms with Crippen LogP contribution < -0.4 is 0 Å². The average Bonchev–Trinajstić information content (AvgIpc) is 2.52. The van der Waals surface area contributed by atoms with Crippen molar-refractivity contribution in [1.29, 1.82) is 0 Å². The van der Waals surface area contributed by atoms with Crippen molar-refractivity contribution in [3.63, 3.8) is 0 Å². The first-order chi connectivity index (χ1) is 11.1. The van der Waals surface area contributed by atoms with Gasteiger partial charge in [-0.1, -0.05) is 18.2 Å². The minimum absolute atomic E-state index is 0.0445. The summed E-state index contributed by atoms with van der Waals surface area (Å²) in [6.45, 7) is 2.41. The highest BCUT2D eigenvalue weighted by Gasteiger charge is 2.57. The Hall–Kier alpha value is -1.39. The summed E-state index contributed by atoms with van der Waals surface area (Å²) in [6, 6.07) is 9.49. The summed E-state index contributed by atoms with van der Waals surface area (Å²) in [7, 11) is 0. The maximum absolute atomic E-state index is 13.0. The Kier molecular flexibility index (Phi) is 3.69. The van der Waals surface area contributed by atoms with Crippen molar-refractivity contribution in [3.8, 4) is 0 Å². The highest BCUT2D eigenvalue weighted by Crippen LogP contribution is 2.57. The molecule has 0 spiro atoms. The second-order valence-electron chi connectivity index (χ2n) is 7.60. The van der Waals surface area contributed by atoms with Crippen LogP contribution in [0.25, 0.3) is 0 Å². The van der Waals surface area contributed by atoms with Gasteiger partial charge in [-0.15, -0.1) is 0 Å². The molecule has 0 aromatic heterocycles. The van der Waals surface area contributed by atoms with Crippen LogP contribution in [0.3, 0.4) is 0 Å². The number of benzene rings is 1. The molecule has 4 saturated carbocycles. The molecule has 4 nitrogen and oxygen atoms in total. The molecule has 23 heavy (non-hydrogen) atoms. The Bertz CT molecular complexity index is 572. The molecule has 1 aromatic rings. The van der Waals surface area contributed by atoms with Gasteiger partial charge in [0, 0.05) is 5.56 Å². The van der Waals surface area contributed by atoms with Crippen molar-refractivity contribution in [2.75, 3.05) is 6.61 Å². The summed E-state index contributed by atoms with van der Waals surface area (Å²) in [4.78, 5) is 18.8. The lowest BCUT2D eigenvalue weighted by Crippen LogP contribution is -2.62. The highest BCUT2D eigenvalue weighted by atomic mass is 16.7. The Balaban J connectivity index is 1.62. The SMILES string of the molecule is CCON(C(=O)c1ccccc1)C1C2CC3CC1CC(O)(C3)C2. The van der Waals surface area contributed by atoms with Gasteiger partial charge < -0.3 is 5.11 Å². The number of carbonyl (C=O) groups is 1. The first kappa shape index (κ1) is 15.2. The molecule has 1 N–H and O–H groups in total. The lowest BCUT2D eigenvalue weighted by molar-refractivity contribution is -0.226. The Morgan fingerprint density at radius 1 is 1.22 bits per heavy atom. The van der Waals surface area contributed by atoms with Gasteiger partial charge in [-0.3, -0.25) is 9.63 Å². The predicted molar refractivity (Wildman–Crippen MR) is 86.5 cm³/mol. The van der Waals surface area contributed by atoms with Crippen molar-refractivity contribution in [3.05, 3.63) is 35.9 Å². The quantitative estimate of drug-likeness (QED) is 0.869. The van der Waals surface area contributed by atoms with Gasteiger partial charge in [0.2, 0.25) is 0 Å². The average molecular weight is 315 g/mol. The van der Waals surface area contributed by atoms with Gasteiger partial charge in [0.1, 0.15) is 0 Å². The topological polar surface area (TPSA) is 49.8 Å². The lowest BCUT2D eigenvalue weighted by Gasteiger charge is -2.59. The van der Waals surface area contributed by atoms with Gasteiger partial charge in [-0.2, -0.15) is 0 Å². The number of hydrogen-bond donors (Lipinski definition) is 1. The highest BCUT2D eigenvalue weighted by molar-refractivity contribution is 5.93. The van der Waals surface area contributed by atoms with Crippen molar-refractivity contribution in [1.82, 2.24) is 5.06 Å². The smallest absolute Gasteiger partial charge is 0.277 e. The molecule has 5 rings (SSSR count). The van der Waals surface area contributed by atoms with Crippen molar-refractivity contribution < 1.29 is 14.7 Å². The molecule has 0 saturated heterocycles. The molecule has 0 radical (unpaired) electrons. The van der Waals surface area contributed by atoms with Gasteiger partial charge in [0.15, 0.2) is 0 Å². The molecule has 0 heterocycles. The zero-order valence-electron chi connectivity index (χ0n) is 13.6. The summed E-state index contributed by atoms with van der Waals surface area (Å²) >= 11 is 0. The van der Waals surface area contributed by atoms with E-state index in [1.165, 1.54) is 0 Å². The molecule has 4 bridgehead atoms. The zero-order chi connectivity index (χ0) is 16.0. The monoisotopic (exact) mass is 315 g/mol. The van der Waals surface area contributed by atoms with Crippen LogP contribution in [0.2, 0.25) is 0 Å². The summed E-state index contributed by atoms with van der Waals surface area (Å²) < 4.78 is 0. The molecule has 1 aromatic carbocycles. The van der Waals surface area contributed by atoms with E-state index >= 15 is 0 Å². The standard InChI is InChI=1S/C19H25NO3/c1-2-23-20(18(21)14-6-4-3-5-7-14)17-15-8-13-9-16(17)12-19(22,10-13)11-15/h3-7,13,15-17,22H,2,8-12H2,1H3. The van der Waals surface area contributed by atoms with E-state index in [1.54, 1.807) is 5.06 Å². The van der Waals surface area contributed by atoms with Gasteiger partial charge in [-0.05, 0) is 68.9 Å². The predicted octanol–water partition coefficient (Wildman–Crippen LogP) is 3.02. The molecule has 4 heteroatoms. The van der Waals surface area contributed by atoms with E-state index in [-0.39, 0.29) is 11.9 Å². The number of carbonyl (C=O) groups excluding carboxylic acids is 1. The molecule has 2 unspecified atom stereocenters. The first-order valence-corrected chi connectivity index (χ1v) is 8.83. The molecular weight excluding hydrogens is 290 g/mol. The van der Waals surface area contributed by atoms with Crippen LogP contribution in [0, 0.1) is 17.8 Å². The summed E-state index contributed by atoms with van der Waals surface area (Å²) in [5, 5.41) is 12.4. The van der Waals surface area contributed by atoms with Crippen LogP contribution in [0.15, 0.2) is 30.3 Å². The maximum atomic E-state index is 13.0. The molecule has 1 amide bonds. The van der Waals surface area contributed by atoms with Crippen LogP contribution in [0.1, 0.15) is 49.4 Å². The van der Waals surface area contributed by atoms with Gasteiger partial charge in [-0.25, -0.2) is 5.06 Å². The Morgan fingerprint density at radius 2 is 1.87 bits per heavy atom. The van der Waals surface area contributed by atoms with E-state index in [4.69, 9.17) is 4.84 Å². The van der Waals surface area contributed by atoms with Crippen molar-refractivity contribution in [2.24, 2.45) is 17.8 Å². The number of amides is 1. The zero-order valence-corrected chi connectivity index (χ0v) is 13.6. The largest absolute Gasteiger partial charge is 0.390 e. The minimum Gasteiger partial charge on any atom is -0.390 e. The van der Waals surface area contributed by atoms with E-state index in [2.05, 4.69) is 0 Å². The number of hydrogen-bond acceptors (Lipinski definition) is 3. The number of aliphatic hydroxyl groups is 1. The molecule has 4 fully saturated rings. The summed E-state index contributed by atoms with van der Waals surface area (Å²) in [6.07, 6.45) is 4.82. The Morgan fingerprint density at radius 3 is 2.43 bits per heavy atom. The number of rotatable bonds is 4.